The number of nitrogens with two attached hydrogens (primary N) is 1. The van der Waals surface area contributed by atoms with Gasteiger partial charge in [0.15, 0.2) is 5.82 Å². The van der Waals surface area contributed by atoms with Gasteiger partial charge in [-0.05, 0) is 74.4 Å². The fourth-order valence-electron chi connectivity index (χ4n) is 7.01. The molecule has 5 heterocycles. The van der Waals surface area contributed by atoms with Crippen molar-refractivity contribution in [3.05, 3.63) is 35.1 Å². The van der Waals surface area contributed by atoms with Gasteiger partial charge >= 0.3 is 0 Å². The van der Waals surface area contributed by atoms with Crippen molar-refractivity contribution in [2.24, 2.45) is 11.8 Å². The lowest BCUT2D eigenvalue weighted by Crippen LogP contribution is -2.56. The molecule has 1 saturated heterocycles. The quantitative estimate of drug-likeness (QED) is 0.390. The van der Waals surface area contributed by atoms with Crippen molar-refractivity contribution in [3.63, 3.8) is 0 Å². The Balaban J connectivity index is 1.06. The molecule has 4 atom stereocenters. The number of rotatable bonds is 5. The van der Waals surface area contributed by atoms with E-state index in [2.05, 4.69) is 60.5 Å². The minimum Gasteiger partial charge on any atom is -0.368 e. The van der Waals surface area contributed by atoms with Gasteiger partial charge in [-0.15, -0.1) is 16.4 Å². The summed E-state index contributed by atoms with van der Waals surface area (Å²) < 4.78 is 2.50. The van der Waals surface area contributed by atoms with Crippen molar-refractivity contribution < 1.29 is 0 Å². The number of pyridine rings is 1. The van der Waals surface area contributed by atoms with Crippen LogP contribution in [0.1, 0.15) is 43.7 Å². The van der Waals surface area contributed by atoms with Gasteiger partial charge in [-0.2, -0.15) is 9.67 Å². The molecule has 4 aromatic heterocycles. The van der Waals surface area contributed by atoms with Gasteiger partial charge < -0.3 is 16.0 Å². The van der Waals surface area contributed by atoms with Gasteiger partial charge in [-0.3, -0.25) is 4.90 Å². The summed E-state index contributed by atoms with van der Waals surface area (Å²) in [7, 11) is 0. The molecule has 2 saturated carbocycles. The van der Waals surface area contributed by atoms with E-state index in [9.17, 15) is 0 Å². The maximum atomic E-state index is 6.23. The number of nitrogens with zero attached hydrogens (tertiary/aromatic N) is 8. The molecular weight excluding hydrogens is 496 g/mol. The number of anilines is 4. The predicted octanol–water partition coefficient (Wildman–Crippen LogP) is 4.31. The first-order valence-corrected chi connectivity index (χ1v) is 14.5. The number of nitrogen functional groups attached to an aromatic ring is 1. The van der Waals surface area contributed by atoms with Gasteiger partial charge in [0.1, 0.15) is 12.1 Å². The van der Waals surface area contributed by atoms with Crippen LogP contribution in [0.3, 0.4) is 0 Å². The summed E-state index contributed by atoms with van der Waals surface area (Å²) in [6.07, 6.45) is 9.17. The van der Waals surface area contributed by atoms with Crippen LogP contribution >= 0.6 is 11.3 Å². The molecule has 0 radical (unpaired) electrons. The monoisotopic (exact) mass is 530 g/mol. The molecular formula is C27H34N10S. The highest BCUT2D eigenvalue weighted by molar-refractivity contribution is 7.17. The van der Waals surface area contributed by atoms with Gasteiger partial charge in [0.05, 0.1) is 22.1 Å². The summed E-state index contributed by atoms with van der Waals surface area (Å²) in [4.78, 5) is 23.3. The zero-order valence-corrected chi connectivity index (χ0v) is 22.9. The Morgan fingerprint density at radius 1 is 1.05 bits per heavy atom. The highest BCUT2D eigenvalue weighted by atomic mass is 32.1. The Morgan fingerprint density at radius 3 is 2.71 bits per heavy atom. The number of aryl methyl sites for hydroxylation is 2. The summed E-state index contributed by atoms with van der Waals surface area (Å²) in [5.74, 6) is 4.28. The van der Waals surface area contributed by atoms with E-state index >= 15 is 0 Å². The second-order valence-corrected chi connectivity index (χ2v) is 12.1. The molecule has 0 spiro atoms. The summed E-state index contributed by atoms with van der Waals surface area (Å²) >= 11 is 1.58. The van der Waals surface area contributed by atoms with E-state index in [1.807, 2.05) is 13.1 Å². The third-order valence-corrected chi connectivity index (χ3v) is 9.84. The first kappa shape index (κ1) is 23.8. The zero-order chi connectivity index (χ0) is 26.0. The Kier molecular flexibility index (Phi) is 5.73. The third-order valence-electron chi connectivity index (χ3n) is 8.76. The number of aromatic nitrogens is 6. The first-order valence-electron chi connectivity index (χ1n) is 13.6. The summed E-state index contributed by atoms with van der Waals surface area (Å²) in [6.45, 7) is 9.71. The Labute approximate surface area is 226 Å². The zero-order valence-electron chi connectivity index (χ0n) is 22.1. The predicted molar refractivity (Wildman–Crippen MR) is 151 cm³/mol. The van der Waals surface area contributed by atoms with Gasteiger partial charge in [0, 0.05) is 31.7 Å². The molecule has 1 aliphatic heterocycles. The molecule has 3 aliphatic rings. The molecule has 198 valence electrons. The van der Waals surface area contributed by atoms with E-state index in [0.717, 1.165) is 70.4 Å². The van der Waals surface area contributed by atoms with Crippen LogP contribution in [0.15, 0.2) is 24.0 Å². The highest BCUT2D eigenvalue weighted by Crippen LogP contribution is 2.47. The standard InChI is InChI=1S/C27H34N10S/c1-15-8-20(32-27-33-26(28)37(34-27)25-23-22(30-14-31-25)16(2)13-38-23)11-29-24(15)35-6-7-36(17(3)12-35)21-10-18-4-5-19(21)9-18/h8,11,13-14,17-19,21H,4-7,9-10,12H2,1-3H3,(H3,28,32,33,34)/t17?,18-,19+,21+/m1/s1. The largest absolute Gasteiger partial charge is 0.368 e. The molecule has 11 heteroatoms. The fourth-order valence-corrected chi connectivity index (χ4v) is 7.99. The summed E-state index contributed by atoms with van der Waals surface area (Å²) in [5, 5.41) is 9.93. The number of piperazine rings is 1. The van der Waals surface area contributed by atoms with E-state index in [0.29, 0.717) is 17.8 Å². The molecule has 7 rings (SSSR count). The number of hydrogen-bond donors (Lipinski definition) is 2. The topological polar surface area (TPSA) is 114 Å². The van der Waals surface area contributed by atoms with E-state index in [-0.39, 0.29) is 5.95 Å². The lowest BCUT2D eigenvalue weighted by Gasteiger charge is -2.46. The number of fused-ring (bicyclic) bond motifs is 3. The van der Waals surface area contributed by atoms with Crippen molar-refractivity contribution in [1.82, 2.24) is 34.6 Å². The second-order valence-electron chi connectivity index (χ2n) is 11.3. The summed E-state index contributed by atoms with van der Waals surface area (Å²) in [6, 6.07) is 3.45. The molecule has 3 N–H and O–H groups in total. The van der Waals surface area contributed by atoms with Crippen molar-refractivity contribution in [3.8, 4) is 5.82 Å². The normalized spacial score (nSPS) is 25.5. The minimum absolute atomic E-state index is 0.266. The van der Waals surface area contributed by atoms with Crippen molar-refractivity contribution >= 4 is 45.0 Å². The maximum Gasteiger partial charge on any atom is 0.248 e. The molecule has 3 fully saturated rings. The van der Waals surface area contributed by atoms with Gasteiger partial charge in [0.2, 0.25) is 11.9 Å². The average molecular weight is 531 g/mol. The number of hydrogen-bond acceptors (Lipinski definition) is 10. The highest BCUT2D eigenvalue weighted by Gasteiger charge is 2.44. The second kappa shape index (κ2) is 9.16. The van der Waals surface area contributed by atoms with Gasteiger partial charge in [-0.25, -0.2) is 15.0 Å². The Bertz CT molecular complexity index is 1490. The van der Waals surface area contributed by atoms with Crippen LogP contribution in [0.5, 0.6) is 0 Å². The molecule has 2 aliphatic carbocycles. The van der Waals surface area contributed by atoms with E-state index in [1.165, 1.54) is 32.0 Å². The fraction of sp³-hybridized carbons (Fsp3) is 0.519. The molecule has 0 amide bonds. The van der Waals surface area contributed by atoms with Crippen molar-refractivity contribution in [2.45, 2.75) is 58.5 Å². The molecule has 0 aromatic carbocycles. The smallest absolute Gasteiger partial charge is 0.248 e. The van der Waals surface area contributed by atoms with Crippen LogP contribution in [0.4, 0.5) is 23.4 Å². The Morgan fingerprint density at radius 2 is 1.95 bits per heavy atom. The lowest BCUT2D eigenvalue weighted by molar-refractivity contribution is 0.0899. The van der Waals surface area contributed by atoms with Crippen molar-refractivity contribution in [2.75, 3.05) is 35.6 Å². The van der Waals surface area contributed by atoms with Crippen LogP contribution < -0.4 is 16.0 Å². The Hall–Kier alpha value is -3.31. The SMILES string of the molecule is Cc1cc(Nc2nc(N)n(-c3ncnc4c(C)csc34)n2)cnc1N1CCN([C@H]2C[C@@H]3CC[C@H]2C3)C(C)C1. The van der Waals surface area contributed by atoms with Crippen LogP contribution in [0, 0.1) is 25.7 Å². The average Bonchev–Trinajstić information content (AvgIpc) is 3.69. The lowest BCUT2D eigenvalue weighted by atomic mass is 9.92. The minimum atomic E-state index is 0.266. The van der Waals surface area contributed by atoms with E-state index in [1.54, 1.807) is 16.0 Å². The molecule has 1 unspecified atom stereocenters. The molecule has 10 nitrogen and oxygen atoms in total. The van der Waals surface area contributed by atoms with Gasteiger partial charge in [-0.1, -0.05) is 6.42 Å². The molecule has 38 heavy (non-hydrogen) atoms. The van der Waals surface area contributed by atoms with Crippen LogP contribution in [-0.4, -0.2) is 66.3 Å². The van der Waals surface area contributed by atoms with Crippen molar-refractivity contribution in [1.29, 1.82) is 0 Å². The van der Waals surface area contributed by atoms with Crippen LogP contribution in [0.2, 0.25) is 0 Å². The van der Waals surface area contributed by atoms with E-state index in [4.69, 9.17) is 10.7 Å². The van der Waals surface area contributed by atoms with Crippen LogP contribution in [-0.2, 0) is 0 Å². The van der Waals surface area contributed by atoms with Gasteiger partial charge in [0.25, 0.3) is 0 Å². The van der Waals surface area contributed by atoms with Crippen LogP contribution in [0.25, 0.3) is 16.0 Å². The first-order chi connectivity index (χ1) is 18.4. The van der Waals surface area contributed by atoms with E-state index < -0.39 is 0 Å². The molecule has 2 bridgehead atoms. The number of nitrogens with one attached hydrogen (secondary N) is 1. The molecule has 4 aromatic rings. The summed E-state index contributed by atoms with van der Waals surface area (Å²) in [5.41, 5.74) is 10.2. The number of thiophene rings is 1. The third kappa shape index (κ3) is 3.99. The maximum absolute atomic E-state index is 6.23.